The molecule has 0 unspecified atom stereocenters. The summed E-state index contributed by atoms with van der Waals surface area (Å²) in [6.07, 6.45) is -2.60. The number of halogens is 3. The van der Waals surface area contributed by atoms with E-state index in [4.69, 9.17) is 4.74 Å². The molecule has 0 aliphatic heterocycles. The predicted octanol–water partition coefficient (Wildman–Crippen LogP) is 3.44. The summed E-state index contributed by atoms with van der Waals surface area (Å²) in [5, 5.41) is 0. The van der Waals surface area contributed by atoms with E-state index in [1.807, 2.05) is 22.6 Å². The van der Waals surface area contributed by atoms with Gasteiger partial charge in [-0.25, -0.2) is 8.78 Å². The fourth-order valence-corrected chi connectivity index (χ4v) is 2.06. The zero-order chi connectivity index (χ0) is 11.6. The zero-order valence-electron chi connectivity index (χ0n) is 8.18. The van der Waals surface area contributed by atoms with Crippen molar-refractivity contribution in [3.63, 3.8) is 0 Å². The Hall–Kier alpha value is -0.720. The zero-order valence-corrected chi connectivity index (χ0v) is 10.3. The van der Waals surface area contributed by atoms with Crippen LogP contribution in [0.1, 0.15) is 29.3 Å². The van der Waals surface area contributed by atoms with E-state index in [9.17, 15) is 13.6 Å². The van der Waals surface area contributed by atoms with E-state index < -0.39 is 6.43 Å². The average molecular weight is 326 g/mol. The molecule has 0 saturated heterocycles. The van der Waals surface area contributed by atoms with Crippen LogP contribution >= 0.6 is 22.6 Å². The number of ether oxygens (including phenoxy) is 1. The summed E-state index contributed by atoms with van der Waals surface area (Å²) in [6.45, 7) is 1.39. The van der Waals surface area contributed by atoms with Gasteiger partial charge in [0.05, 0.1) is 12.7 Å². The molecular weight excluding hydrogens is 317 g/mol. The van der Waals surface area contributed by atoms with E-state index in [1.165, 1.54) is 26.2 Å². The van der Waals surface area contributed by atoms with E-state index in [0.29, 0.717) is 9.13 Å². The van der Waals surface area contributed by atoms with Crippen molar-refractivity contribution in [3.8, 4) is 5.75 Å². The molecule has 0 spiro atoms. The molecule has 0 saturated carbocycles. The number of Topliss-reactive ketones (excluding diaryl/α,β-unsaturated/α-hetero) is 1. The van der Waals surface area contributed by atoms with Gasteiger partial charge in [0, 0.05) is 9.13 Å². The van der Waals surface area contributed by atoms with Crippen LogP contribution in [-0.4, -0.2) is 12.9 Å². The number of rotatable bonds is 3. The normalized spacial score (nSPS) is 10.5. The van der Waals surface area contributed by atoms with E-state index in [2.05, 4.69) is 0 Å². The van der Waals surface area contributed by atoms with Gasteiger partial charge in [0.15, 0.2) is 5.78 Å². The second kappa shape index (κ2) is 4.87. The number of benzene rings is 1. The highest BCUT2D eigenvalue weighted by Gasteiger charge is 2.18. The van der Waals surface area contributed by atoms with Gasteiger partial charge < -0.3 is 4.74 Å². The van der Waals surface area contributed by atoms with Crippen LogP contribution in [0.2, 0.25) is 0 Å². The Labute approximate surface area is 99.8 Å². The standard InChI is InChI=1S/C10H9F2IO2/c1-5(14)6-4-9(15-2)7(10(11)12)3-8(6)13/h3-4,10H,1-2H3. The Morgan fingerprint density at radius 2 is 2.07 bits per heavy atom. The Bertz CT molecular complexity index is 391. The monoisotopic (exact) mass is 326 g/mol. The SMILES string of the molecule is COc1cc(C(C)=O)c(I)cc1C(F)F. The van der Waals surface area contributed by atoms with Crippen molar-refractivity contribution in [2.24, 2.45) is 0 Å². The molecule has 0 amide bonds. The molecule has 0 bridgehead atoms. The molecule has 2 nitrogen and oxygen atoms in total. The summed E-state index contributed by atoms with van der Waals surface area (Å²) in [4.78, 5) is 11.2. The van der Waals surface area contributed by atoms with Gasteiger partial charge in [-0.3, -0.25) is 4.79 Å². The lowest BCUT2D eigenvalue weighted by Gasteiger charge is -2.10. The van der Waals surface area contributed by atoms with Gasteiger partial charge in [-0.2, -0.15) is 0 Å². The summed E-state index contributed by atoms with van der Waals surface area (Å²) in [5.41, 5.74) is 0.212. The molecule has 0 N–H and O–H groups in total. The first-order chi connectivity index (χ1) is 6.97. The summed E-state index contributed by atoms with van der Waals surface area (Å²) >= 11 is 1.86. The largest absolute Gasteiger partial charge is 0.496 e. The second-order valence-corrected chi connectivity index (χ2v) is 4.09. The molecule has 1 rings (SSSR count). The Morgan fingerprint density at radius 1 is 1.47 bits per heavy atom. The van der Waals surface area contributed by atoms with E-state index in [1.54, 1.807) is 0 Å². The highest BCUT2D eigenvalue weighted by Crippen LogP contribution is 2.32. The summed E-state index contributed by atoms with van der Waals surface area (Å²) in [7, 11) is 1.30. The second-order valence-electron chi connectivity index (χ2n) is 2.93. The highest BCUT2D eigenvalue weighted by molar-refractivity contribution is 14.1. The van der Waals surface area contributed by atoms with Crippen LogP contribution < -0.4 is 4.74 Å². The van der Waals surface area contributed by atoms with Crippen molar-refractivity contribution in [1.82, 2.24) is 0 Å². The maximum atomic E-state index is 12.6. The van der Waals surface area contributed by atoms with Crippen LogP contribution in [0.15, 0.2) is 12.1 Å². The third-order valence-corrected chi connectivity index (χ3v) is 2.83. The van der Waals surface area contributed by atoms with Crippen LogP contribution in [0.3, 0.4) is 0 Å². The minimum Gasteiger partial charge on any atom is -0.496 e. The molecular formula is C10H9F2IO2. The molecule has 0 aliphatic carbocycles. The maximum Gasteiger partial charge on any atom is 0.267 e. The Morgan fingerprint density at radius 3 is 2.47 bits per heavy atom. The van der Waals surface area contributed by atoms with Crippen molar-refractivity contribution in [2.75, 3.05) is 7.11 Å². The minimum atomic E-state index is -2.60. The van der Waals surface area contributed by atoms with E-state index in [-0.39, 0.29) is 17.1 Å². The van der Waals surface area contributed by atoms with Crippen molar-refractivity contribution >= 4 is 28.4 Å². The van der Waals surface area contributed by atoms with Gasteiger partial charge in [-0.1, -0.05) is 0 Å². The number of ketones is 1. The molecule has 0 atom stereocenters. The van der Waals surface area contributed by atoms with Gasteiger partial charge in [0.25, 0.3) is 6.43 Å². The molecule has 0 aliphatic rings. The highest BCUT2D eigenvalue weighted by atomic mass is 127. The number of hydrogen-bond donors (Lipinski definition) is 0. The Balaban J connectivity index is 3.35. The van der Waals surface area contributed by atoms with E-state index in [0.717, 1.165) is 0 Å². The van der Waals surface area contributed by atoms with Crippen molar-refractivity contribution in [1.29, 1.82) is 0 Å². The number of hydrogen-bond acceptors (Lipinski definition) is 2. The molecule has 0 aromatic heterocycles. The molecule has 82 valence electrons. The molecule has 1 aromatic rings. The lowest BCUT2D eigenvalue weighted by atomic mass is 10.1. The fourth-order valence-electron chi connectivity index (χ4n) is 1.19. The van der Waals surface area contributed by atoms with Crippen LogP contribution in [0, 0.1) is 3.57 Å². The topological polar surface area (TPSA) is 26.3 Å². The number of methoxy groups -OCH3 is 1. The first-order valence-electron chi connectivity index (χ1n) is 4.14. The minimum absolute atomic E-state index is 0.0515. The van der Waals surface area contributed by atoms with Gasteiger partial charge in [-0.05, 0) is 41.6 Å². The first-order valence-corrected chi connectivity index (χ1v) is 5.21. The van der Waals surface area contributed by atoms with Gasteiger partial charge in [-0.15, -0.1) is 0 Å². The third-order valence-electron chi connectivity index (χ3n) is 1.93. The van der Waals surface area contributed by atoms with Crippen molar-refractivity contribution < 1.29 is 18.3 Å². The maximum absolute atomic E-state index is 12.6. The van der Waals surface area contributed by atoms with Crippen LogP contribution in [-0.2, 0) is 0 Å². The molecule has 1 aromatic carbocycles. The number of carbonyl (C=O) groups excluding carboxylic acids is 1. The predicted molar refractivity (Wildman–Crippen MR) is 60.7 cm³/mol. The smallest absolute Gasteiger partial charge is 0.267 e. The van der Waals surface area contributed by atoms with Gasteiger partial charge in [0.2, 0.25) is 0 Å². The van der Waals surface area contributed by atoms with E-state index >= 15 is 0 Å². The summed E-state index contributed by atoms with van der Waals surface area (Å²) in [5.74, 6) is -0.117. The lowest BCUT2D eigenvalue weighted by molar-refractivity contribution is 0.101. The summed E-state index contributed by atoms with van der Waals surface area (Å²) in [6, 6.07) is 2.63. The van der Waals surface area contributed by atoms with Crippen LogP contribution in [0.5, 0.6) is 5.75 Å². The number of carbonyl (C=O) groups is 1. The molecule has 5 heteroatoms. The molecule has 0 radical (unpaired) electrons. The molecule has 0 heterocycles. The third kappa shape index (κ3) is 2.64. The quantitative estimate of drug-likeness (QED) is 0.628. The average Bonchev–Trinajstić information content (AvgIpc) is 2.16. The van der Waals surface area contributed by atoms with Gasteiger partial charge in [0.1, 0.15) is 5.75 Å². The Kier molecular flexibility index (Phi) is 4.01. The number of alkyl halides is 2. The van der Waals surface area contributed by atoms with Gasteiger partial charge >= 0.3 is 0 Å². The van der Waals surface area contributed by atoms with Crippen molar-refractivity contribution in [3.05, 3.63) is 26.8 Å². The lowest BCUT2D eigenvalue weighted by Crippen LogP contribution is -2.01. The fraction of sp³-hybridized carbons (Fsp3) is 0.300. The van der Waals surface area contributed by atoms with Crippen molar-refractivity contribution in [2.45, 2.75) is 13.3 Å². The molecule has 15 heavy (non-hydrogen) atoms. The summed E-state index contributed by atoms with van der Waals surface area (Å²) < 4.78 is 30.4. The van der Waals surface area contributed by atoms with Crippen LogP contribution in [0.4, 0.5) is 8.78 Å². The first kappa shape index (κ1) is 12.4. The molecule has 0 fully saturated rings. The van der Waals surface area contributed by atoms with Crippen LogP contribution in [0.25, 0.3) is 0 Å².